The van der Waals surface area contributed by atoms with Crippen molar-refractivity contribution in [3.05, 3.63) is 50.4 Å². The van der Waals surface area contributed by atoms with Crippen LogP contribution in [0.4, 0.5) is 5.69 Å². The summed E-state index contributed by atoms with van der Waals surface area (Å²) >= 11 is 0. The zero-order valence-corrected chi connectivity index (χ0v) is 9.44. The van der Waals surface area contributed by atoms with Crippen molar-refractivity contribution in [1.82, 2.24) is 5.32 Å². The van der Waals surface area contributed by atoms with Gasteiger partial charge in [0.2, 0.25) is 0 Å². The normalized spacial score (nSPS) is 9.33. The first-order valence-corrected chi connectivity index (χ1v) is 5.19. The van der Waals surface area contributed by atoms with Crippen molar-refractivity contribution in [2.75, 3.05) is 13.1 Å². The maximum atomic E-state index is 11.7. The first-order chi connectivity index (χ1) is 8.66. The van der Waals surface area contributed by atoms with Gasteiger partial charge in [-0.2, -0.15) is 0 Å². The number of nitrogens with zero attached hydrogens (tertiary/aromatic N) is 4. The van der Waals surface area contributed by atoms with Crippen LogP contribution in [0.5, 0.6) is 0 Å². The fourth-order valence-electron chi connectivity index (χ4n) is 1.32. The lowest BCUT2D eigenvalue weighted by Gasteiger charge is -2.04. The number of hydrogen-bond donors (Lipinski definition) is 1. The predicted octanol–water partition coefficient (Wildman–Crippen LogP) is 2.02. The van der Waals surface area contributed by atoms with Crippen LogP contribution >= 0.6 is 0 Å². The van der Waals surface area contributed by atoms with Gasteiger partial charge in [-0.25, -0.2) is 0 Å². The third-order valence-electron chi connectivity index (χ3n) is 2.13. The van der Waals surface area contributed by atoms with E-state index in [1.807, 2.05) is 0 Å². The molecule has 0 heterocycles. The van der Waals surface area contributed by atoms with E-state index in [-0.39, 0.29) is 17.8 Å². The molecule has 1 amide bonds. The summed E-state index contributed by atoms with van der Waals surface area (Å²) in [5.74, 6) is -0.511. The third-order valence-corrected chi connectivity index (χ3v) is 2.13. The van der Waals surface area contributed by atoms with Gasteiger partial charge in [-0.1, -0.05) is 17.2 Å². The van der Waals surface area contributed by atoms with Gasteiger partial charge in [-0.15, -0.1) is 0 Å². The molecule has 0 aromatic heterocycles. The first-order valence-electron chi connectivity index (χ1n) is 5.19. The van der Waals surface area contributed by atoms with Crippen LogP contribution in [0.25, 0.3) is 10.4 Å². The molecule has 1 aromatic rings. The topological polar surface area (TPSA) is 121 Å². The summed E-state index contributed by atoms with van der Waals surface area (Å²) in [5.41, 5.74) is 7.83. The Morgan fingerprint density at radius 3 is 2.89 bits per heavy atom. The summed E-state index contributed by atoms with van der Waals surface area (Å²) < 4.78 is 0. The second-order valence-electron chi connectivity index (χ2n) is 3.34. The molecule has 0 spiro atoms. The Balaban J connectivity index is 2.61. The number of nitrogens with one attached hydrogen (secondary N) is 1. The number of para-hydroxylation sites is 1. The minimum Gasteiger partial charge on any atom is -0.352 e. The van der Waals surface area contributed by atoms with Crippen LogP contribution in [0.3, 0.4) is 0 Å². The van der Waals surface area contributed by atoms with Gasteiger partial charge in [0.25, 0.3) is 11.6 Å². The van der Waals surface area contributed by atoms with Crippen LogP contribution in [-0.4, -0.2) is 23.9 Å². The summed E-state index contributed by atoms with van der Waals surface area (Å²) in [6.45, 7) is 0.567. The van der Waals surface area contributed by atoms with E-state index in [0.29, 0.717) is 13.0 Å². The van der Waals surface area contributed by atoms with Gasteiger partial charge in [0.15, 0.2) is 0 Å². The molecule has 1 N–H and O–H groups in total. The molecule has 0 bridgehead atoms. The van der Waals surface area contributed by atoms with Gasteiger partial charge < -0.3 is 5.32 Å². The number of carbonyl (C=O) groups is 1. The molecule has 0 saturated heterocycles. The van der Waals surface area contributed by atoms with Crippen molar-refractivity contribution in [2.24, 2.45) is 5.11 Å². The summed E-state index contributed by atoms with van der Waals surface area (Å²) in [4.78, 5) is 24.4. The monoisotopic (exact) mass is 249 g/mol. The summed E-state index contributed by atoms with van der Waals surface area (Å²) in [6.07, 6.45) is 0.483. The van der Waals surface area contributed by atoms with Gasteiger partial charge in [0.05, 0.1) is 4.92 Å². The molecule has 0 aliphatic rings. The molecule has 0 unspecified atom stereocenters. The number of nitro groups is 1. The molecular formula is C10H11N5O3. The molecule has 8 heteroatoms. The van der Waals surface area contributed by atoms with Gasteiger partial charge in [-0.3, -0.25) is 14.9 Å². The number of amides is 1. The molecular weight excluding hydrogens is 238 g/mol. The lowest BCUT2D eigenvalue weighted by Crippen LogP contribution is -2.25. The second kappa shape index (κ2) is 6.87. The van der Waals surface area contributed by atoms with Crippen LogP contribution in [0.2, 0.25) is 0 Å². The van der Waals surface area contributed by atoms with Crippen LogP contribution in [0, 0.1) is 10.1 Å². The highest BCUT2D eigenvalue weighted by molar-refractivity contribution is 5.98. The largest absolute Gasteiger partial charge is 0.352 e. The fourth-order valence-corrected chi connectivity index (χ4v) is 1.32. The average molecular weight is 249 g/mol. The summed E-state index contributed by atoms with van der Waals surface area (Å²) in [6, 6.07) is 5.72. The number of nitro benzene ring substituents is 1. The van der Waals surface area contributed by atoms with Crippen molar-refractivity contribution in [3.8, 4) is 0 Å². The molecule has 0 atom stereocenters. The van der Waals surface area contributed by atoms with Crippen LogP contribution in [0.15, 0.2) is 29.4 Å². The van der Waals surface area contributed by atoms with Crippen LogP contribution in [-0.2, 0) is 0 Å². The maximum Gasteiger partial charge on any atom is 0.282 e. The number of carbonyl (C=O) groups excluding carboxylic acids is 1. The van der Waals surface area contributed by atoms with Crippen molar-refractivity contribution in [1.29, 1.82) is 0 Å². The summed E-state index contributed by atoms with van der Waals surface area (Å²) in [7, 11) is 0. The van der Waals surface area contributed by atoms with Crippen molar-refractivity contribution < 1.29 is 9.72 Å². The molecule has 94 valence electrons. The van der Waals surface area contributed by atoms with Crippen molar-refractivity contribution in [2.45, 2.75) is 6.42 Å². The fraction of sp³-hybridized carbons (Fsp3) is 0.300. The predicted molar refractivity (Wildman–Crippen MR) is 64.1 cm³/mol. The molecule has 0 aliphatic heterocycles. The van der Waals surface area contributed by atoms with E-state index in [1.54, 1.807) is 6.07 Å². The minimum absolute atomic E-state index is 0.0197. The second-order valence-corrected chi connectivity index (χ2v) is 3.34. The highest BCUT2D eigenvalue weighted by atomic mass is 16.6. The molecule has 1 rings (SSSR count). The Hall–Kier alpha value is -2.60. The Bertz CT molecular complexity index is 496. The number of benzene rings is 1. The van der Waals surface area contributed by atoms with E-state index in [4.69, 9.17) is 5.53 Å². The van der Waals surface area contributed by atoms with Gasteiger partial charge in [0.1, 0.15) is 5.56 Å². The van der Waals surface area contributed by atoms with Crippen molar-refractivity contribution >= 4 is 11.6 Å². The highest BCUT2D eigenvalue weighted by Gasteiger charge is 2.18. The summed E-state index contributed by atoms with van der Waals surface area (Å²) in [5, 5.41) is 16.5. The zero-order chi connectivity index (χ0) is 13.4. The zero-order valence-electron chi connectivity index (χ0n) is 9.44. The van der Waals surface area contributed by atoms with E-state index >= 15 is 0 Å². The third kappa shape index (κ3) is 3.76. The van der Waals surface area contributed by atoms with Crippen LogP contribution in [0.1, 0.15) is 16.8 Å². The molecule has 0 radical (unpaired) electrons. The van der Waals surface area contributed by atoms with Gasteiger partial charge in [0, 0.05) is 24.1 Å². The van der Waals surface area contributed by atoms with Gasteiger partial charge in [-0.05, 0) is 18.0 Å². The van der Waals surface area contributed by atoms with Gasteiger partial charge >= 0.3 is 0 Å². The average Bonchev–Trinajstić information content (AvgIpc) is 2.38. The molecule has 1 aromatic carbocycles. The molecule has 18 heavy (non-hydrogen) atoms. The standard InChI is InChI=1S/C10H11N5O3/c11-14-13-7-3-6-12-10(16)8-4-1-2-5-9(8)15(17)18/h1-2,4-5H,3,6-7H2,(H,12,16). The Labute approximate surface area is 102 Å². The Kier molecular flexibility index (Phi) is 5.14. The molecule has 0 fully saturated rings. The lowest BCUT2D eigenvalue weighted by molar-refractivity contribution is -0.385. The van der Waals surface area contributed by atoms with E-state index in [0.717, 1.165) is 0 Å². The number of azide groups is 1. The molecule has 0 aliphatic carbocycles. The molecule has 0 saturated carbocycles. The lowest BCUT2D eigenvalue weighted by atomic mass is 10.1. The van der Waals surface area contributed by atoms with E-state index < -0.39 is 10.8 Å². The Morgan fingerprint density at radius 1 is 1.50 bits per heavy atom. The van der Waals surface area contributed by atoms with E-state index in [1.165, 1.54) is 18.2 Å². The SMILES string of the molecule is [N-]=[N+]=NCCCNC(=O)c1ccccc1[N+](=O)[O-]. The highest BCUT2D eigenvalue weighted by Crippen LogP contribution is 2.17. The number of rotatable bonds is 6. The first kappa shape index (κ1) is 13.5. The quantitative estimate of drug-likeness (QED) is 0.207. The molecule has 8 nitrogen and oxygen atoms in total. The smallest absolute Gasteiger partial charge is 0.282 e. The number of hydrogen-bond acceptors (Lipinski definition) is 4. The van der Waals surface area contributed by atoms with E-state index in [9.17, 15) is 14.9 Å². The van der Waals surface area contributed by atoms with Crippen molar-refractivity contribution in [3.63, 3.8) is 0 Å². The maximum absolute atomic E-state index is 11.7. The van der Waals surface area contributed by atoms with Crippen LogP contribution < -0.4 is 5.32 Å². The minimum atomic E-state index is -0.602. The van der Waals surface area contributed by atoms with E-state index in [2.05, 4.69) is 15.3 Å². The Morgan fingerprint density at radius 2 is 2.22 bits per heavy atom.